The lowest BCUT2D eigenvalue weighted by Crippen LogP contribution is -2.30. The van der Waals surface area contributed by atoms with Crippen LogP contribution in [0, 0.1) is 5.92 Å². The Morgan fingerprint density at radius 1 is 1.15 bits per heavy atom. The Hall–Kier alpha value is -2.70. The van der Waals surface area contributed by atoms with Crippen LogP contribution in [-0.4, -0.2) is 32.9 Å². The number of rotatable bonds is 6. The quantitative estimate of drug-likeness (QED) is 0.829. The molecular formula is C19H25N5O2. The standard InChI is InChI=1S/C19H25N5O2/c1-13(2)11-21-19(26)17-23-16(15-5-3-4-10-24(15)17)18(25)22-12-14-6-8-20-9-7-14/h6-9,13H,3-5,10-12H2,1-2H3,(H,21,26)(H,22,25). The molecule has 0 saturated carbocycles. The van der Waals surface area contributed by atoms with E-state index in [1.54, 1.807) is 12.4 Å². The van der Waals surface area contributed by atoms with Crippen molar-refractivity contribution < 1.29 is 9.59 Å². The highest BCUT2D eigenvalue weighted by Crippen LogP contribution is 2.21. The van der Waals surface area contributed by atoms with Crippen LogP contribution in [0.5, 0.6) is 0 Å². The van der Waals surface area contributed by atoms with Crippen LogP contribution < -0.4 is 10.6 Å². The average Bonchev–Trinajstić information content (AvgIpc) is 3.05. The highest BCUT2D eigenvalue weighted by atomic mass is 16.2. The number of amides is 2. The van der Waals surface area contributed by atoms with E-state index in [4.69, 9.17) is 0 Å². The van der Waals surface area contributed by atoms with E-state index in [1.165, 1.54) is 0 Å². The zero-order chi connectivity index (χ0) is 18.5. The maximum atomic E-state index is 12.7. The van der Waals surface area contributed by atoms with Crippen molar-refractivity contribution in [3.8, 4) is 0 Å². The molecule has 0 saturated heterocycles. The Kier molecular flexibility index (Phi) is 5.65. The first kappa shape index (κ1) is 18.1. The van der Waals surface area contributed by atoms with Gasteiger partial charge in [-0.25, -0.2) is 4.98 Å². The summed E-state index contributed by atoms with van der Waals surface area (Å²) >= 11 is 0. The van der Waals surface area contributed by atoms with Crippen molar-refractivity contribution in [2.45, 2.75) is 46.2 Å². The Bertz CT molecular complexity index is 783. The van der Waals surface area contributed by atoms with Crippen molar-refractivity contribution in [3.05, 3.63) is 47.3 Å². The van der Waals surface area contributed by atoms with Crippen molar-refractivity contribution in [2.24, 2.45) is 5.92 Å². The van der Waals surface area contributed by atoms with Crippen molar-refractivity contribution in [1.29, 1.82) is 0 Å². The first-order valence-corrected chi connectivity index (χ1v) is 9.11. The van der Waals surface area contributed by atoms with Gasteiger partial charge in [-0.1, -0.05) is 13.8 Å². The number of hydrogen-bond acceptors (Lipinski definition) is 4. The Morgan fingerprint density at radius 2 is 1.92 bits per heavy atom. The van der Waals surface area contributed by atoms with E-state index in [0.29, 0.717) is 30.5 Å². The van der Waals surface area contributed by atoms with E-state index >= 15 is 0 Å². The van der Waals surface area contributed by atoms with E-state index in [9.17, 15) is 9.59 Å². The van der Waals surface area contributed by atoms with Gasteiger partial charge in [0, 0.05) is 32.0 Å². The number of aromatic nitrogens is 3. The number of nitrogens with one attached hydrogen (secondary N) is 2. The van der Waals surface area contributed by atoms with Gasteiger partial charge in [-0.3, -0.25) is 14.6 Å². The highest BCUT2D eigenvalue weighted by Gasteiger charge is 2.27. The number of carbonyl (C=O) groups excluding carboxylic acids is 2. The molecule has 1 aliphatic rings. The summed E-state index contributed by atoms with van der Waals surface area (Å²) in [5.41, 5.74) is 2.20. The van der Waals surface area contributed by atoms with Crippen molar-refractivity contribution in [2.75, 3.05) is 6.54 Å². The first-order chi connectivity index (χ1) is 12.6. The summed E-state index contributed by atoms with van der Waals surface area (Å²) in [6.45, 7) is 5.80. The molecule has 7 heteroatoms. The van der Waals surface area contributed by atoms with E-state index in [0.717, 1.165) is 37.1 Å². The van der Waals surface area contributed by atoms with Gasteiger partial charge in [-0.15, -0.1) is 0 Å². The summed E-state index contributed by atoms with van der Waals surface area (Å²) in [5, 5.41) is 5.79. The fourth-order valence-corrected chi connectivity index (χ4v) is 3.04. The molecule has 1 aliphatic heterocycles. The third-order valence-electron chi connectivity index (χ3n) is 4.41. The van der Waals surface area contributed by atoms with Crippen molar-refractivity contribution >= 4 is 11.8 Å². The van der Waals surface area contributed by atoms with Crippen LogP contribution in [-0.2, 0) is 19.5 Å². The summed E-state index contributed by atoms with van der Waals surface area (Å²) in [6.07, 6.45) is 6.14. The summed E-state index contributed by atoms with van der Waals surface area (Å²) in [6, 6.07) is 3.71. The lowest BCUT2D eigenvalue weighted by Gasteiger charge is -2.17. The maximum absolute atomic E-state index is 12.7. The number of nitrogens with zero attached hydrogens (tertiary/aromatic N) is 3. The van der Waals surface area contributed by atoms with E-state index < -0.39 is 0 Å². The van der Waals surface area contributed by atoms with Crippen LogP contribution in [0.1, 0.15) is 59.1 Å². The molecule has 0 atom stereocenters. The molecule has 0 bridgehead atoms. The fraction of sp³-hybridized carbons (Fsp3) is 0.474. The monoisotopic (exact) mass is 355 g/mol. The molecule has 0 aromatic carbocycles. The zero-order valence-electron chi connectivity index (χ0n) is 15.3. The molecule has 2 amide bonds. The number of carbonyl (C=O) groups is 2. The molecule has 2 N–H and O–H groups in total. The predicted molar refractivity (Wildman–Crippen MR) is 97.7 cm³/mol. The molecule has 0 radical (unpaired) electrons. The van der Waals surface area contributed by atoms with E-state index in [-0.39, 0.29) is 11.8 Å². The van der Waals surface area contributed by atoms with Gasteiger partial charge in [0.1, 0.15) is 5.69 Å². The van der Waals surface area contributed by atoms with E-state index in [1.807, 2.05) is 30.5 Å². The van der Waals surface area contributed by atoms with Crippen LogP contribution in [0.4, 0.5) is 0 Å². The van der Waals surface area contributed by atoms with Gasteiger partial charge < -0.3 is 15.2 Å². The summed E-state index contributed by atoms with van der Waals surface area (Å²) in [5.74, 6) is 0.248. The van der Waals surface area contributed by atoms with Crippen LogP contribution in [0.15, 0.2) is 24.5 Å². The lowest BCUT2D eigenvalue weighted by atomic mass is 10.1. The number of hydrogen-bond donors (Lipinski definition) is 2. The van der Waals surface area contributed by atoms with Gasteiger partial charge in [0.15, 0.2) is 5.82 Å². The second-order valence-electron chi connectivity index (χ2n) is 6.98. The van der Waals surface area contributed by atoms with Gasteiger partial charge in [0.05, 0.1) is 5.69 Å². The zero-order valence-corrected chi connectivity index (χ0v) is 15.3. The van der Waals surface area contributed by atoms with Crippen molar-refractivity contribution in [3.63, 3.8) is 0 Å². The molecule has 2 aromatic heterocycles. The molecule has 7 nitrogen and oxygen atoms in total. The first-order valence-electron chi connectivity index (χ1n) is 9.11. The third kappa shape index (κ3) is 4.09. The molecule has 3 rings (SSSR count). The topological polar surface area (TPSA) is 88.9 Å². The molecule has 0 spiro atoms. The van der Waals surface area contributed by atoms with Crippen LogP contribution in [0.2, 0.25) is 0 Å². The Labute approximate surface area is 153 Å². The number of pyridine rings is 1. The number of fused-ring (bicyclic) bond motifs is 1. The van der Waals surface area contributed by atoms with Crippen LogP contribution in [0.25, 0.3) is 0 Å². The number of imidazole rings is 1. The smallest absolute Gasteiger partial charge is 0.287 e. The summed E-state index contributed by atoms with van der Waals surface area (Å²) in [7, 11) is 0. The van der Waals surface area contributed by atoms with Crippen molar-refractivity contribution in [1.82, 2.24) is 25.2 Å². The van der Waals surface area contributed by atoms with Crippen LogP contribution in [0.3, 0.4) is 0 Å². The minimum absolute atomic E-state index is 0.213. The Morgan fingerprint density at radius 3 is 2.65 bits per heavy atom. The van der Waals surface area contributed by atoms with Gasteiger partial charge in [0.2, 0.25) is 0 Å². The average molecular weight is 355 g/mol. The summed E-state index contributed by atoms with van der Waals surface area (Å²) < 4.78 is 1.90. The highest BCUT2D eigenvalue weighted by molar-refractivity contribution is 5.97. The molecule has 2 aromatic rings. The maximum Gasteiger partial charge on any atom is 0.287 e. The van der Waals surface area contributed by atoms with Gasteiger partial charge >= 0.3 is 0 Å². The minimum Gasteiger partial charge on any atom is -0.349 e. The largest absolute Gasteiger partial charge is 0.349 e. The fourth-order valence-electron chi connectivity index (χ4n) is 3.04. The second kappa shape index (κ2) is 8.12. The van der Waals surface area contributed by atoms with Gasteiger partial charge in [-0.05, 0) is 42.9 Å². The third-order valence-corrected chi connectivity index (χ3v) is 4.41. The lowest BCUT2D eigenvalue weighted by molar-refractivity contribution is 0.0933. The minimum atomic E-state index is -0.240. The van der Waals surface area contributed by atoms with Gasteiger partial charge in [0.25, 0.3) is 11.8 Å². The molecule has 26 heavy (non-hydrogen) atoms. The van der Waals surface area contributed by atoms with Gasteiger partial charge in [-0.2, -0.15) is 0 Å². The molecule has 3 heterocycles. The molecule has 0 fully saturated rings. The molecular weight excluding hydrogens is 330 g/mol. The summed E-state index contributed by atoms with van der Waals surface area (Å²) in [4.78, 5) is 33.5. The molecule has 138 valence electrons. The van der Waals surface area contributed by atoms with E-state index in [2.05, 4.69) is 20.6 Å². The predicted octanol–water partition coefficient (Wildman–Crippen LogP) is 1.93. The molecule has 0 unspecified atom stereocenters. The normalized spacial score (nSPS) is 13.3. The molecule has 0 aliphatic carbocycles. The second-order valence-corrected chi connectivity index (χ2v) is 6.98. The van der Waals surface area contributed by atoms with Crippen LogP contribution >= 0.6 is 0 Å². The SMILES string of the molecule is CC(C)CNC(=O)c1nc(C(=O)NCc2ccncc2)c2n1CCCC2. The Balaban J connectivity index is 1.78.